The molecule has 0 unspecified atom stereocenters. The summed E-state index contributed by atoms with van der Waals surface area (Å²) in [4.78, 5) is 0. The molecule has 0 radical (unpaired) electrons. The maximum Gasteiger partial charge on any atom is 0.135 e. The lowest BCUT2D eigenvalue weighted by Gasteiger charge is -2.30. The van der Waals surface area contributed by atoms with Crippen molar-refractivity contribution < 1.29 is 4.42 Å². The largest absolute Gasteiger partial charge is 0.456 e. The first-order valence-electron chi connectivity index (χ1n) is 18.1. The van der Waals surface area contributed by atoms with Gasteiger partial charge in [0.25, 0.3) is 0 Å². The Morgan fingerprint density at radius 3 is 1.47 bits per heavy atom. The minimum atomic E-state index is -0.113. The second kappa shape index (κ2) is 9.86. The van der Waals surface area contributed by atoms with Gasteiger partial charge in [0.2, 0.25) is 0 Å². The minimum Gasteiger partial charge on any atom is -0.456 e. The fraction of sp³-hybridized carbons (Fsp3) is 0.120. The van der Waals surface area contributed by atoms with Crippen LogP contribution in [0.25, 0.3) is 88.0 Å². The van der Waals surface area contributed by atoms with Crippen molar-refractivity contribution in [1.82, 2.24) is 0 Å². The molecule has 1 heterocycles. The average Bonchev–Trinajstić information content (AvgIpc) is 3.72. The average molecular weight is 653 g/mol. The summed E-state index contributed by atoms with van der Waals surface area (Å²) in [6.45, 7) is 9.68. The van der Waals surface area contributed by atoms with Gasteiger partial charge >= 0.3 is 0 Å². The van der Waals surface area contributed by atoms with E-state index in [0.29, 0.717) is 0 Å². The molecule has 0 bridgehead atoms. The molecule has 1 nitrogen and oxygen atoms in total. The first-order valence-corrected chi connectivity index (χ1v) is 18.1. The summed E-state index contributed by atoms with van der Waals surface area (Å²) in [5, 5.41) is 7.36. The van der Waals surface area contributed by atoms with Crippen LogP contribution in [0.3, 0.4) is 0 Å². The third kappa shape index (κ3) is 3.71. The standard InChI is InChI=1S/C50H36O/c1-49(2)41-19-11-9-13-31(41)37-23-24-38-39-27-29(21-25-42(39)50(3,4)48(38)47(37)49)45-33-15-5-7-17-35(33)46(36-18-8-6-16-34(36)45)30-22-26-44-40(28-30)32-14-10-12-20-43(32)51-44/h5-28H,1-4H3. The summed E-state index contributed by atoms with van der Waals surface area (Å²) in [7, 11) is 0. The molecule has 9 aromatic rings. The zero-order valence-corrected chi connectivity index (χ0v) is 29.3. The van der Waals surface area contributed by atoms with Crippen LogP contribution in [0.5, 0.6) is 0 Å². The quantitative estimate of drug-likeness (QED) is 0.169. The molecular formula is C50H36O. The summed E-state index contributed by atoms with van der Waals surface area (Å²) in [6.07, 6.45) is 0. The van der Waals surface area contributed by atoms with Gasteiger partial charge in [-0.05, 0) is 113 Å². The van der Waals surface area contributed by atoms with Gasteiger partial charge < -0.3 is 4.42 Å². The molecule has 51 heavy (non-hydrogen) atoms. The van der Waals surface area contributed by atoms with Gasteiger partial charge in [-0.25, -0.2) is 0 Å². The van der Waals surface area contributed by atoms with Gasteiger partial charge in [-0.3, -0.25) is 0 Å². The van der Waals surface area contributed by atoms with Crippen LogP contribution < -0.4 is 0 Å². The molecule has 0 saturated carbocycles. The molecule has 0 N–H and O–H groups in total. The third-order valence-electron chi connectivity index (χ3n) is 12.2. The molecule has 0 saturated heterocycles. The first kappa shape index (κ1) is 28.9. The number of benzene rings is 8. The summed E-state index contributed by atoms with van der Waals surface area (Å²) >= 11 is 0. The monoisotopic (exact) mass is 652 g/mol. The fourth-order valence-corrected chi connectivity index (χ4v) is 9.98. The van der Waals surface area contributed by atoms with Gasteiger partial charge in [0.1, 0.15) is 11.2 Å². The van der Waals surface area contributed by atoms with Crippen LogP contribution in [0.15, 0.2) is 150 Å². The lowest BCUT2D eigenvalue weighted by atomic mass is 9.72. The highest BCUT2D eigenvalue weighted by atomic mass is 16.3. The lowest BCUT2D eigenvalue weighted by Crippen LogP contribution is -2.24. The van der Waals surface area contributed by atoms with Crippen molar-refractivity contribution in [1.29, 1.82) is 0 Å². The summed E-state index contributed by atoms with van der Waals surface area (Å²) in [5.74, 6) is 0. The van der Waals surface area contributed by atoms with E-state index >= 15 is 0 Å². The van der Waals surface area contributed by atoms with Crippen molar-refractivity contribution in [3.8, 4) is 44.5 Å². The molecule has 0 amide bonds. The van der Waals surface area contributed by atoms with Gasteiger partial charge in [0.05, 0.1) is 0 Å². The molecule has 2 aliphatic carbocycles. The van der Waals surface area contributed by atoms with Gasteiger partial charge in [0.15, 0.2) is 0 Å². The van der Waals surface area contributed by atoms with Crippen LogP contribution in [-0.2, 0) is 10.8 Å². The van der Waals surface area contributed by atoms with Gasteiger partial charge in [-0.1, -0.05) is 149 Å². The molecule has 1 heteroatoms. The van der Waals surface area contributed by atoms with Crippen molar-refractivity contribution in [2.45, 2.75) is 38.5 Å². The maximum atomic E-state index is 6.22. The van der Waals surface area contributed by atoms with Crippen molar-refractivity contribution in [3.63, 3.8) is 0 Å². The van der Waals surface area contributed by atoms with E-state index in [1.54, 1.807) is 0 Å². The van der Waals surface area contributed by atoms with Crippen LogP contribution in [0.4, 0.5) is 0 Å². The van der Waals surface area contributed by atoms with E-state index in [1.807, 2.05) is 6.07 Å². The smallest absolute Gasteiger partial charge is 0.135 e. The highest BCUT2D eigenvalue weighted by molar-refractivity contribution is 6.22. The van der Waals surface area contributed by atoms with E-state index in [1.165, 1.54) is 88.3 Å². The summed E-state index contributed by atoms with van der Waals surface area (Å²) in [6, 6.07) is 54.0. The highest BCUT2D eigenvalue weighted by Gasteiger charge is 2.45. The molecular weight excluding hydrogens is 617 g/mol. The van der Waals surface area contributed by atoms with E-state index in [0.717, 1.165) is 21.9 Å². The molecule has 11 rings (SSSR count). The third-order valence-corrected chi connectivity index (χ3v) is 12.2. The van der Waals surface area contributed by atoms with Crippen LogP contribution >= 0.6 is 0 Å². The van der Waals surface area contributed by atoms with Crippen LogP contribution in [0, 0.1) is 0 Å². The van der Waals surface area contributed by atoms with Crippen LogP contribution in [-0.4, -0.2) is 0 Å². The van der Waals surface area contributed by atoms with Crippen molar-refractivity contribution >= 4 is 43.5 Å². The van der Waals surface area contributed by atoms with E-state index in [-0.39, 0.29) is 10.8 Å². The van der Waals surface area contributed by atoms with E-state index in [2.05, 4.69) is 167 Å². The van der Waals surface area contributed by atoms with Crippen LogP contribution in [0.2, 0.25) is 0 Å². The second-order valence-corrected chi connectivity index (χ2v) is 15.6. The Labute approximate surface area is 297 Å². The van der Waals surface area contributed by atoms with Gasteiger partial charge in [0, 0.05) is 21.6 Å². The topological polar surface area (TPSA) is 13.1 Å². The Balaban J connectivity index is 1.16. The highest BCUT2D eigenvalue weighted by Crippen LogP contribution is 2.59. The second-order valence-electron chi connectivity index (χ2n) is 15.6. The Morgan fingerprint density at radius 2 is 0.824 bits per heavy atom. The summed E-state index contributed by atoms with van der Waals surface area (Å²) < 4.78 is 6.22. The summed E-state index contributed by atoms with van der Waals surface area (Å²) in [5.41, 5.74) is 18.0. The number of hydrogen-bond acceptors (Lipinski definition) is 1. The Bertz CT molecular complexity index is 2910. The molecule has 2 aliphatic rings. The Hall–Kier alpha value is -5.92. The zero-order valence-electron chi connectivity index (χ0n) is 29.3. The molecule has 0 aliphatic heterocycles. The lowest BCUT2D eigenvalue weighted by molar-refractivity contribution is 0.601. The molecule has 8 aromatic carbocycles. The number of furan rings is 1. The normalized spacial score (nSPS) is 15.0. The number of para-hydroxylation sites is 1. The predicted molar refractivity (Wildman–Crippen MR) is 215 cm³/mol. The van der Waals surface area contributed by atoms with Crippen molar-refractivity contribution in [2.75, 3.05) is 0 Å². The first-order chi connectivity index (χ1) is 24.8. The zero-order chi connectivity index (χ0) is 34.2. The van der Waals surface area contributed by atoms with Crippen molar-refractivity contribution in [2.24, 2.45) is 0 Å². The number of rotatable bonds is 2. The Kier molecular flexibility index (Phi) is 5.58. The fourth-order valence-electron chi connectivity index (χ4n) is 9.98. The Morgan fingerprint density at radius 1 is 0.353 bits per heavy atom. The molecule has 0 fully saturated rings. The van der Waals surface area contributed by atoms with Crippen LogP contribution in [0.1, 0.15) is 49.9 Å². The minimum absolute atomic E-state index is 0.0621. The maximum absolute atomic E-state index is 6.22. The molecule has 242 valence electrons. The van der Waals surface area contributed by atoms with E-state index < -0.39 is 0 Å². The van der Waals surface area contributed by atoms with E-state index in [4.69, 9.17) is 4.42 Å². The number of hydrogen-bond donors (Lipinski definition) is 0. The van der Waals surface area contributed by atoms with E-state index in [9.17, 15) is 0 Å². The molecule has 0 atom stereocenters. The van der Waals surface area contributed by atoms with Crippen molar-refractivity contribution in [3.05, 3.63) is 168 Å². The predicted octanol–water partition coefficient (Wildman–Crippen LogP) is 13.8. The van der Waals surface area contributed by atoms with Gasteiger partial charge in [-0.2, -0.15) is 0 Å². The van der Waals surface area contributed by atoms with Gasteiger partial charge in [-0.15, -0.1) is 0 Å². The molecule has 1 aromatic heterocycles. The molecule has 0 spiro atoms. The SMILES string of the molecule is CC1(C)c2ccccc2-c2ccc3c(c21)C(C)(C)c1ccc(-c2c4ccccc4c(-c4ccc5oc6ccccc6c5c4)c4ccccc24)cc1-3. The number of fused-ring (bicyclic) bond motifs is 12.